The zero-order chi connectivity index (χ0) is 14.7. The molecule has 0 radical (unpaired) electrons. The number of benzene rings is 2. The summed E-state index contributed by atoms with van der Waals surface area (Å²) in [5.74, 6) is 0.0197. The molecule has 0 saturated heterocycles. The monoisotopic (exact) mass is 343 g/mol. The Kier molecular flexibility index (Phi) is 3.97. The Morgan fingerprint density at radius 1 is 0.952 bits per heavy atom. The lowest BCUT2D eigenvalue weighted by molar-refractivity contribution is 0.423. The Balaban J connectivity index is 2.00. The zero-order valence-electron chi connectivity index (χ0n) is 11.0. The highest BCUT2D eigenvalue weighted by molar-refractivity contribution is 9.10. The van der Waals surface area contributed by atoms with Gasteiger partial charge in [0, 0.05) is 16.2 Å². The number of hydrogen-bond donors (Lipinski definition) is 0. The number of para-hydroxylation sites is 1. The summed E-state index contributed by atoms with van der Waals surface area (Å²) in [5.41, 5.74) is 1.90. The van der Waals surface area contributed by atoms with Gasteiger partial charge >= 0.3 is 0 Å². The summed E-state index contributed by atoms with van der Waals surface area (Å²) in [6.45, 7) is 0. The maximum absolute atomic E-state index is 13.9. The Morgan fingerprint density at radius 2 is 1.67 bits per heavy atom. The molecule has 3 aromatic rings. The molecule has 104 valence electrons. The minimum atomic E-state index is -0.507. The van der Waals surface area contributed by atoms with Crippen molar-refractivity contribution in [2.75, 3.05) is 0 Å². The molecule has 3 rings (SSSR count). The van der Waals surface area contributed by atoms with Crippen LogP contribution in [0.15, 0.2) is 71.3 Å². The molecule has 2 nitrogen and oxygen atoms in total. The Morgan fingerprint density at radius 3 is 2.43 bits per heavy atom. The van der Waals surface area contributed by atoms with Crippen LogP contribution in [0.3, 0.4) is 0 Å². The van der Waals surface area contributed by atoms with E-state index in [1.54, 1.807) is 6.07 Å². The van der Waals surface area contributed by atoms with E-state index in [1.165, 1.54) is 12.3 Å². The van der Waals surface area contributed by atoms with Gasteiger partial charge in [-0.2, -0.15) is 0 Å². The van der Waals surface area contributed by atoms with E-state index in [-0.39, 0.29) is 5.88 Å². The van der Waals surface area contributed by atoms with Crippen molar-refractivity contribution in [3.8, 4) is 22.8 Å². The third-order valence-corrected chi connectivity index (χ3v) is 3.39. The maximum Gasteiger partial charge on any atom is 0.255 e. The van der Waals surface area contributed by atoms with Gasteiger partial charge in [-0.05, 0) is 33.6 Å². The van der Waals surface area contributed by atoms with Gasteiger partial charge in [0.25, 0.3) is 5.88 Å². The first-order valence-electron chi connectivity index (χ1n) is 6.37. The molecule has 0 aliphatic rings. The summed E-state index contributed by atoms with van der Waals surface area (Å²) >= 11 is 3.17. The van der Waals surface area contributed by atoms with Gasteiger partial charge in [0.15, 0.2) is 5.82 Å². The number of nitrogens with zero attached hydrogens (tertiary/aromatic N) is 1. The number of hydrogen-bond acceptors (Lipinski definition) is 2. The summed E-state index contributed by atoms with van der Waals surface area (Å²) in [7, 11) is 0. The number of halogens is 2. The second kappa shape index (κ2) is 6.06. The fourth-order valence-electron chi connectivity index (χ4n) is 1.99. The molecule has 21 heavy (non-hydrogen) atoms. The van der Waals surface area contributed by atoms with Crippen molar-refractivity contribution in [3.63, 3.8) is 0 Å². The van der Waals surface area contributed by atoms with E-state index in [9.17, 15) is 4.39 Å². The molecule has 4 heteroatoms. The number of ether oxygens (including phenoxy) is 1. The maximum atomic E-state index is 13.9. The van der Waals surface area contributed by atoms with Crippen LogP contribution in [0.1, 0.15) is 0 Å². The predicted octanol–water partition coefficient (Wildman–Crippen LogP) is 5.44. The van der Waals surface area contributed by atoms with Crippen LogP contribution in [0.5, 0.6) is 11.6 Å². The molecule has 0 atom stereocenters. The molecular weight excluding hydrogens is 333 g/mol. The first kappa shape index (κ1) is 13.8. The fourth-order valence-corrected chi connectivity index (χ4v) is 2.30. The minimum Gasteiger partial charge on any atom is -0.436 e. The first-order valence-corrected chi connectivity index (χ1v) is 7.17. The average Bonchev–Trinajstić information content (AvgIpc) is 2.51. The topological polar surface area (TPSA) is 22.1 Å². The second-order valence-electron chi connectivity index (χ2n) is 4.40. The largest absolute Gasteiger partial charge is 0.436 e. The molecule has 0 amide bonds. The molecule has 0 saturated carbocycles. The van der Waals surface area contributed by atoms with Crippen LogP contribution in [0, 0.1) is 5.82 Å². The van der Waals surface area contributed by atoms with Gasteiger partial charge < -0.3 is 4.74 Å². The van der Waals surface area contributed by atoms with Crippen molar-refractivity contribution < 1.29 is 9.13 Å². The van der Waals surface area contributed by atoms with Crippen LogP contribution in [-0.4, -0.2) is 4.98 Å². The summed E-state index contributed by atoms with van der Waals surface area (Å²) in [5, 5.41) is 0. The van der Waals surface area contributed by atoms with E-state index in [0.717, 1.165) is 11.1 Å². The van der Waals surface area contributed by atoms with Crippen molar-refractivity contribution >= 4 is 15.9 Å². The molecule has 0 fully saturated rings. The lowest BCUT2D eigenvalue weighted by Gasteiger charge is -2.11. The van der Waals surface area contributed by atoms with Gasteiger partial charge in [-0.15, -0.1) is 0 Å². The standard InChI is InChI=1S/C17H11BrFNO/c18-13-10-15(19)17(20-11-13)21-16-9-5-4-8-14(16)12-6-2-1-3-7-12/h1-11H. The molecule has 0 aliphatic carbocycles. The zero-order valence-corrected chi connectivity index (χ0v) is 12.5. The normalized spacial score (nSPS) is 10.4. The number of aromatic nitrogens is 1. The summed E-state index contributed by atoms with van der Waals surface area (Å²) < 4.78 is 20.1. The molecule has 0 unspecified atom stereocenters. The van der Waals surface area contributed by atoms with Gasteiger partial charge in [0.05, 0.1) is 0 Å². The van der Waals surface area contributed by atoms with Crippen molar-refractivity contribution in [3.05, 3.63) is 77.2 Å². The molecular formula is C17H11BrFNO. The lowest BCUT2D eigenvalue weighted by atomic mass is 10.1. The third-order valence-electron chi connectivity index (χ3n) is 2.95. The van der Waals surface area contributed by atoms with Gasteiger partial charge in [-0.25, -0.2) is 9.37 Å². The molecule has 1 aromatic heterocycles. The molecule has 0 aliphatic heterocycles. The van der Waals surface area contributed by atoms with E-state index in [4.69, 9.17) is 4.74 Å². The smallest absolute Gasteiger partial charge is 0.255 e. The minimum absolute atomic E-state index is 0.0402. The second-order valence-corrected chi connectivity index (χ2v) is 5.32. The molecule has 0 bridgehead atoms. The third kappa shape index (κ3) is 3.11. The fraction of sp³-hybridized carbons (Fsp3) is 0. The van der Waals surface area contributed by atoms with E-state index in [0.29, 0.717) is 10.2 Å². The van der Waals surface area contributed by atoms with Gasteiger partial charge in [0.2, 0.25) is 0 Å². The van der Waals surface area contributed by atoms with Crippen molar-refractivity contribution in [1.29, 1.82) is 0 Å². The van der Waals surface area contributed by atoms with E-state index < -0.39 is 5.82 Å². The average molecular weight is 344 g/mol. The van der Waals surface area contributed by atoms with Crippen LogP contribution < -0.4 is 4.74 Å². The van der Waals surface area contributed by atoms with E-state index in [1.807, 2.05) is 48.5 Å². The van der Waals surface area contributed by atoms with Crippen LogP contribution in [0.2, 0.25) is 0 Å². The Bertz CT molecular complexity index is 762. The van der Waals surface area contributed by atoms with E-state index >= 15 is 0 Å². The highest BCUT2D eigenvalue weighted by Gasteiger charge is 2.11. The first-order chi connectivity index (χ1) is 10.2. The Hall–Kier alpha value is -2.20. The number of pyridine rings is 1. The van der Waals surface area contributed by atoms with Crippen molar-refractivity contribution in [2.24, 2.45) is 0 Å². The van der Waals surface area contributed by atoms with Crippen molar-refractivity contribution in [2.45, 2.75) is 0 Å². The van der Waals surface area contributed by atoms with Crippen LogP contribution in [0.4, 0.5) is 4.39 Å². The summed E-state index contributed by atoms with van der Waals surface area (Å²) in [6, 6.07) is 18.6. The SMILES string of the molecule is Fc1cc(Br)cnc1Oc1ccccc1-c1ccccc1. The lowest BCUT2D eigenvalue weighted by Crippen LogP contribution is -1.93. The van der Waals surface area contributed by atoms with Gasteiger partial charge in [-0.1, -0.05) is 48.5 Å². The van der Waals surface area contributed by atoms with E-state index in [2.05, 4.69) is 20.9 Å². The summed E-state index contributed by atoms with van der Waals surface area (Å²) in [4.78, 5) is 3.96. The van der Waals surface area contributed by atoms with Crippen molar-refractivity contribution in [1.82, 2.24) is 4.98 Å². The van der Waals surface area contributed by atoms with Gasteiger partial charge in [-0.3, -0.25) is 0 Å². The highest BCUT2D eigenvalue weighted by atomic mass is 79.9. The Labute approximate surface area is 130 Å². The highest BCUT2D eigenvalue weighted by Crippen LogP contribution is 2.33. The quantitative estimate of drug-likeness (QED) is 0.631. The van der Waals surface area contributed by atoms with Crippen LogP contribution in [-0.2, 0) is 0 Å². The predicted molar refractivity (Wildman–Crippen MR) is 83.8 cm³/mol. The molecule has 2 aromatic carbocycles. The number of rotatable bonds is 3. The summed E-state index contributed by atoms with van der Waals surface area (Å²) in [6.07, 6.45) is 1.50. The molecule has 0 spiro atoms. The van der Waals surface area contributed by atoms with Crippen LogP contribution >= 0.6 is 15.9 Å². The van der Waals surface area contributed by atoms with Crippen LogP contribution in [0.25, 0.3) is 11.1 Å². The molecule has 1 heterocycles. The molecule has 0 N–H and O–H groups in total. The van der Waals surface area contributed by atoms with Gasteiger partial charge in [0.1, 0.15) is 5.75 Å².